The summed E-state index contributed by atoms with van der Waals surface area (Å²) in [6.07, 6.45) is 0. The number of hydrogen-bond donors (Lipinski definition) is 0. The smallest absolute Gasteiger partial charge is 0.0727 e. The van der Waals surface area contributed by atoms with Crippen molar-refractivity contribution in [3.8, 4) is 44.5 Å². The SMILES string of the molecule is [2H]c1c([2H])c([2H])c(-c2ccccc2N(c2ccc3c(c2)C(c2ccccc2)(c2ccccc2)c2ccccc2-3)c2ccc3c(c2)C2(c4ccccc4-c4ccc(N(c5ccccc5)c5ccccc5)cc42)c2ccccc2-3)c([2H])c1[2H]. The lowest BCUT2D eigenvalue weighted by molar-refractivity contribution is 0.768. The first-order valence-electron chi connectivity index (χ1n) is 28.5. The summed E-state index contributed by atoms with van der Waals surface area (Å²) in [7, 11) is 0. The fraction of sp³-hybridized carbons (Fsp3) is 0.0270. The molecule has 0 aromatic heterocycles. The van der Waals surface area contributed by atoms with E-state index in [2.05, 4.69) is 259 Å². The van der Waals surface area contributed by atoms with E-state index in [1.165, 1.54) is 33.4 Å². The van der Waals surface area contributed by atoms with Crippen LogP contribution in [-0.4, -0.2) is 0 Å². The predicted octanol–water partition coefficient (Wildman–Crippen LogP) is 19.0. The molecule has 15 rings (SSSR count). The maximum atomic E-state index is 9.42. The first-order valence-corrected chi connectivity index (χ1v) is 26.0. The van der Waals surface area contributed by atoms with Crippen LogP contribution in [0.1, 0.15) is 51.4 Å². The molecule has 1 unspecified atom stereocenters. The highest BCUT2D eigenvalue weighted by atomic mass is 15.1. The minimum Gasteiger partial charge on any atom is -0.310 e. The second-order valence-corrected chi connectivity index (χ2v) is 19.9. The Bertz CT molecular complexity index is 4370. The van der Waals surface area contributed by atoms with Gasteiger partial charge in [-0.2, -0.15) is 0 Å². The van der Waals surface area contributed by atoms with Crippen molar-refractivity contribution in [3.05, 3.63) is 348 Å². The van der Waals surface area contributed by atoms with Crippen molar-refractivity contribution in [1.82, 2.24) is 0 Å². The van der Waals surface area contributed by atoms with Gasteiger partial charge in [0.15, 0.2) is 0 Å². The molecule has 0 aliphatic heterocycles. The molecule has 2 nitrogen and oxygen atoms in total. The summed E-state index contributed by atoms with van der Waals surface area (Å²) in [5, 5.41) is 0. The maximum Gasteiger partial charge on any atom is 0.0727 e. The van der Waals surface area contributed by atoms with Crippen LogP contribution in [0.5, 0.6) is 0 Å². The molecule has 2 heteroatoms. The van der Waals surface area contributed by atoms with Gasteiger partial charge < -0.3 is 9.80 Å². The van der Waals surface area contributed by atoms with Gasteiger partial charge in [0, 0.05) is 34.0 Å². The third kappa shape index (κ3) is 6.34. The summed E-state index contributed by atoms with van der Waals surface area (Å²) in [6.45, 7) is 0. The summed E-state index contributed by atoms with van der Waals surface area (Å²) in [5.74, 6) is 0. The van der Waals surface area contributed by atoms with E-state index < -0.39 is 16.9 Å². The van der Waals surface area contributed by atoms with Crippen LogP contribution in [0.2, 0.25) is 0 Å². The average molecular weight is 972 g/mol. The van der Waals surface area contributed by atoms with Crippen LogP contribution in [0.3, 0.4) is 0 Å². The molecule has 3 aliphatic rings. The molecular weight excluding hydrogens is 917 g/mol. The summed E-state index contributed by atoms with van der Waals surface area (Å²) in [5.41, 5.74) is 20.9. The molecular formula is C74H50N2. The van der Waals surface area contributed by atoms with Crippen LogP contribution < -0.4 is 9.80 Å². The minimum atomic E-state index is -0.768. The molecule has 0 N–H and O–H groups in total. The van der Waals surface area contributed by atoms with Gasteiger partial charge in [0.1, 0.15) is 0 Å². The normalized spacial score (nSPS) is 15.7. The molecule has 3 aliphatic carbocycles. The third-order valence-corrected chi connectivity index (χ3v) is 16.2. The summed E-state index contributed by atoms with van der Waals surface area (Å²) < 4.78 is 45.3. The van der Waals surface area contributed by atoms with Crippen LogP contribution in [0.25, 0.3) is 44.5 Å². The van der Waals surface area contributed by atoms with Gasteiger partial charge in [-0.15, -0.1) is 0 Å². The predicted molar refractivity (Wildman–Crippen MR) is 315 cm³/mol. The molecule has 12 aromatic carbocycles. The Hall–Kier alpha value is -9.76. The van der Waals surface area contributed by atoms with Gasteiger partial charge in [0.2, 0.25) is 0 Å². The molecule has 1 atom stereocenters. The van der Waals surface area contributed by atoms with E-state index in [0.29, 0.717) is 11.3 Å². The topological polar surface area (TPSA) is 6.48 Å². The Kier molecular flexibility index (Phi) is 8.91. The Balaban J connectivity index is 1.02. The van der Waals surface area contributed by atoms with Crippen LogP contribution in [0.15, 0.2) is 303 Å². The molecule has 0 saturated heterocycles. The zero-order valence-electron chi connectivity index (χ0n) is 46.4. The van der Waals surface area contributed by atoms with Crippen LogP contribution in [0, 0.1) is 0 Å². The summed E-state index contributed by atoms with van der Waals surface area (Å²) >= 11 is 0. The summed E-state index contributed by atoms with van der Waals surface area (Å²) in [6, 6.07) is 95.7. The Labute approximate surface area is 451 Å². The molecule has 356 valence electrons. The van der Waals surface area contributed by atoms with Crippen molar-refractivity contribution in [2.75, 3.05) is 9.80 Å². The third-order valence-electron chi connectivity index (χ3n) is 16.2. The van der Waals surface area contributed by atoms with E-state index in [4.69, 9.17) is 4.11 Å². The van der Waals surface area contributed by atoms with E-state index in [9.17, 15) is 2.74 Å². The number of benzene rings is 12. The molecule has 0 bridgehead atoms. The van der Waals surface area contributed by atoms with Crippen LogP contribution in [0.4, 0.5) is 34.1 Å². The van der Waals surface area contributed by atoms with E-state index >= 15 is 0 Å². The molecule has 0 heterocycles. The number of rotatable bonds is 9. The monoisotopic (exact) mass is 971 g/mol. The molecule has 0 radical (unpaired) electrons. The quantitative estimate of drug-likeness (QED) is 0.142. The maximum absolute atomic E-state index is 9.42. The van der Waals surface area contributed by atoms with E-state index in [-0.39, 0.29) is 29.7 Å². The first-order chi connectivity index (χ1) is 39.8. The molecule has 0 fully saturated rings. The first kappa shape index (κ1) is 38.8. The second-order valence-electron chi connectivity index (χ2n) is 19.9. The molecule has 0 saturated carbocycles. The number of fused-ring (bicyclic) bond motifs is 13. The van der Waals surface area contributed by atoms with Crippen molar-refractivity contribution in [2.24, 2.45) is 0 Å². The van der Waals surface area contributed by atoms with E-state index in [1.807, 2.05) is 24.3 Å². The van der Waals surface area contributed by atoms with Gasteiger partial charge in [-0.05, 0) is 150 Å². The Morgan fingerprint density at radius 3 is 1.05 bits per heavy atom. The van der Waals surface area contributed by atoms with Gasteiger partial charge >= 0.3 is 0 Å². The van der Waals surface area contributed by atoms with Gasteiger partial charge in [0.05, 0.1) is 23.4 Å². The van der Waals surface area contributed by atoms with E-state index in [1.54, 1.807) is 0 Å². The Morgan fingerprint density at radius 2 is 0.592 bits per heavy atom. The van der Waals surface area contributed by atoms with Crippen molar-refractivity contribution in [1.29, 1.82) is 0 Å². The number of anilines is 6. The average Bonchev–Trinajstić information content (AvgIpc) is 1.82. The lowest BCUT2D eigenvalue weighted by Crippen LogP contribution is -2.28. The van der Waals surface area contributed by atoms with Gasteiger partial charge in [-0.3, -0.25) is 0 Å². The Morgan fingerprint density at radius 1 is 0.250 bits per heavy atom. The zero-order valence-corrected chi connectivity index (χ0v) is 41.4. The van der Waals surface area contributed by atoms with Gasteiger partial charge in [-0.25, -0.2) is 0 Å². The molecule has 76 heavy (non-hydrogen) atoms. The lowest BCUT2D eigenvalue weighted by Gasteiger charge is -2.35. The van der Waals surface area contributed by atoms with Crippen molar-refractivity contribution >= 4 is 34.1 Å². The fourth-order valence-corrected chi connectivity index (χ4v) is 13.3. The number of nitrogens with zero attached hydrogens (tertiary/aromatic N) is 2. The molecule has 12 aromatic rings. The van der Waals surface area contributed by atoms with Crippen molar-refractivity contribution in [3.63, 3.8) is 0 Å². The molecule has 1 spiro atoms. The second kappa shape index (κ2) is 17.4. The lowest BCUT2D eigenvalue weighted by atomic mass is 9.67. The standard InChI is InChI=1S/C74H50N2/c1-6-24-51(25-7-1)59-34-19-23-41-72(59)76(57-43-46-63-60-35-16-20-38-66(60)73(69(63)49-57,52-26-8-2-9-27-52)53-28-10-3-11-29-53)58-44-47-65-62-37-18-22-40-68(62)74(71(65)50-58)67-39-21-17-36-61(67)64-45-42-56(48-70(64)74)75(54-30-12-4-13-31-54)55-32-14-5-15-33-55/h1-50H/i1D,6D,7D,24D,25D. The highest BCUT2D eigenvalue weighted by Gasteiger charge is 2.52. The van der Waals surface area contributed by atoms with Crippen LogP contribution in [-0.2, 0) is 10.8 Å². The summed E-state index contributed by atoms with van der Waals surface area (Å²) in [4.78, 5) is 4.59. The van der Waals surface area contributed by atoms with Crippen molar-refractivity contribution in [2.45, 2.75) is 10.8 Å². The van der Waals surface area contributed by atoms with Gasteiger partial charge in [-0.1, -0.05) is 236 Å². The number of hydrogen-bond acceptors (Lipinski definition) is 2. The van der Waals surface area contributed by atoms with Crippen molar-refractivity contribution < 1.29 is 6.85 Å². The fourth-order valence-electron chi connectivity index (χ4n) is 13.3. The minimum absolute atomic E-state index is 0.135. The highest BCUT2D eigenvalue weighted by Crippen LogP contribution is 2.65. The highest BCUT2D eigenvalue weighted by molar-refractivity contribution is 5.99. The van der Waals surface area contributed by atoms with Gasteiger partial charge in [0.25, 0.3) is 0 Å². The molecule has 0 amide bonds. The van der Waals surface area contributed by atoms with Crippen LogP contribution >= 0.6 is 0 Å². The van der Waals surface area contributed by atoms with E-state index in [0.717, 1.165) is 72.9 Å². The number of para-hydroxylation sites is 3. The zero-order chi connectivity index (χ0) is 54.6. The largest absolute Gasteiger partial charge is 0.310 e.